The summed E-state index contributed by atoms with van der Waals surface area (Å²) < 4.78 is 0. The Morgan fingerprint density at radius 3 is 2.73 bits per heavy atom. The highest BCUT2D eigenvalue weighted by atomic mass is 35.5. The molecular weight excluding hydrogens is 436 g/mol. The van der Waals surface area contributed by atoms with Crippen LogP contribution in [0.25, 0.3) is 17.0 Å². The topological polar surface area (TPSA) is 74.3 Å². The lowest BCUT2D eigenvalue weighted by Gasteiger charge is -2.46. The van der Waals surface area contributed by atoms with Gasteiger partial charge in [0, 0.05) is 28.8 Å². The number of nitrogens with one attached hydrogen (secondary N) is 2. The molecule has 1 aliphatic heterocycles. The second-order valence-corrected chi connectivity index (χ2v) is 9.00. The first-order valence-electron chi connectivity index (χ1n) is 11.0. The number of hydrogen-bond acceptors (Lipinski definition) is 4. The van der Waals surface area contributed by atoms with E-state index in [0.29, 0.717) is 17.5 Å². The number of benzene rings is 2. The third kappa shape index (κ3) is 5.34. The molecule has 2 atom stereocenters. The molecule has 2 N–H and O–H groups in total. The van der Waals surface area contributed by atoms with E-state index in [4.69, 9.17) is 11.6 Å². The number of carbonyl (C=O) groups is 2. The number of β-lactam (4-membered cyclic amide) rings is 1. The van der Waals surface area contributed by atoms with Crippen molar-refractivity contribution in [2.24, 2.45) is 5.92 Å². The molecule has 1 aliphatic rings. The number of hydrogen-bond donors (Lipinski definition) is 2. The van der Waals surface area contributed by atoms with Crippen LogP contribution in [0.5, 0.6) is 0 Å². The highest BCUT2D eigenvalue weighted by Gasteiger charge is 2.46. The van der Waals surface area contributed by atoms with Crippen molar-refractivity contribution in [3.63, 3.8) is 0 Å². The Morgan fingerprint density at radius 1 is 1.18 bits per heavy atom. The van der Waals surface area contributed by atoms with E-state index in [1.165, 1.54) is 0 Å². The van der Waals surface area contributed by atoms with Crippen molar-refractivity contribution in [3.05, 3.63) is 77.5 Å². The molecule has 0 aliphatic carbocycles. The minimum absolute atomic E-state index is 0.0464. The van der Waals surface area contributed by atoms with Crippen LogP contribution in [0.1, 0.15) is 19.4 Å². The van der Waals surface area contributed by atoms with Crippen LogP contribution < -0.4 is 10.6 Å². The van der Waals surface area contributed by atoms with Gasteiger partial charge >= 0.3 is 0 Å². The molecule has 0 unspecified atom stereocenters. The molecule has 0 saturated carbocycles. The lowest BCUT2D eigenvalue weighted by atomic mass is 9.92. The number of amides is 2. The minimum Gasteiger partial charge on any atom is -0.376 e. The molecule has 1 fully saturated rings. The molecule has 0 radical (unpaired) electrons. The van der Waals surface area contributed by atoms with Crippen LogP contribution in [0.2, 0.25) is 5.02 Å². The molecule has 0 bridgehead atoms. The summed E-state index contributed by atoms with van der Waals surface area (Å²) in [7, 11) is 0. The van der Waals surface area contributed by atoms with E-state index in [0.717, 1.165) is 22.2 Å². The molecule has 7 heteroatoms. The Hall–Kier alpha value is -3.38. The summed E-state index contributed by atoms with van der Waals surface area (Å²) >= 11 is 6.05. The Kier molecular flexibility index (Phi) is 6.94. The van der Waals surface area contributed by atoms with Gasteiger partial charge in [-0.2, -0.15) is 0 Å². The van der Waals surface area contributed by atoms with Crippen molar-refractivity contribution < 1.29 is 9.59 Å². The van der Waals surface area contributed by atoms with Gasteiger partial charge in [-0.3, -0.25) is 14.6 Å². The van der Waals surface area contributed by atoms with Gasteiger partial charge < -0.3 is 15.5 Å². The summed E-state index contributed by atoms with van der Waals surface area (Å²) in [5, 5.41) is 7.54. The zero-order valence-corrected chi connectivity index (χ0v) is 19.4. The van der Waals surface area contributed by atoms with E-state index < -0.39 is 6.04 Å². The van der Waals surface area contributed by atoms with E-state index >= 15 is 0 Å². The number of pyridine rings is 1. The standard InChI is InChI=1S/C26H27ClN4O2/c1-17(2)16-31-23(11-8-18-6-4-3-5-7-18)25(26(31)33)30-24(32)15-29-21-12-13-28-22-14-19(27)9-10-20(21)22/h3-14,17,23,25H,15-16H2,1-2H3,(H,28,29)(H,30,32)/b11-8+/t23-,25+/m0/s1. The van der Waals surface area contributed by atoms with Gasteiger partial charge in [0.25, 0.3) is 0 Å². The largest absolute Gasteiger partial charge is 0.376 e. The number of rotatable bonds is 8. The number of fused-ring (bicyclic) bond motifs is 1. The molecule has 3 aromatic rings. The van der Waals surface area contributed by atoms with Crippen molar-refractivity contribution >= 4 is 46.1 Å². The number of halogens is 1. The summed E-state index contributed by atoms with van der Waals surface area (Å²) in [6.07, 6.45) is 5.66. The Morgan fingerprint density at radius 2 is 1.97 bits per heavy atom. The molecule has 6 nitrogen and oxygen atoms in total. The molecule has 4 rings (SSSR count). The van der Waals surface area contributed by atoms with E-state index in [1.807, 2.05) is 59.5 Å². The van der Waals surface area contributed by atoms with Crippen molar-refractivity contribution in [1.29, 1.82) is 0 Å². The van der Waals surface area contributed by atoms with Crippen molar-refractivity contribution in [2.75, 3.05) is 18.4 Å². The van der Waals surface area contributed by atoms with Gasteiger partial charge in [0.2, 0.25) is 11.8 Å². The van der Waals surface area contributed by atoms with Crippen LogP contribution in [0.15, 0.2) is 66.9 Å². The quantitative estimate of drug-likeness (QED) is 0.487. The smallest absolute Gasteiger partial charge is 0.248 e. The van der Waals surface area contributed by atoms with E-state index in [2.05, 4.69) is 29.5 Å². The average Bonchev–Trinajstić information content (AvgIpc) is 2.81. The molecule has 2 aromatic carbocycles. The summed E-state index contributed by atoms with van der Waals surface area (Å²) in [6.45, 7) is 4.85. The first-order chi connectivity index (χ1) is 15.9. The minimum atomic E-state index is -0.564. The van der Waals surface area contributed by atoms with Crippen molar-refractivity contribution in [2.45, 2.75) is 25.9 Å². The van der Waals surface area contributed by atoms with Crippen LogP contribution in [0.3, 0.4) is 0 Å². The molecule has 2 heterocycles. The van der Waals surface area contributed by atoms with Gasteiger partial charge in [-0.1, -0.05) is 67.9 Å². The molecule has 1 aromatic heterocycles. The lowest BCUT2D eigenvalue weighted by molar-refractivity contribution is -0.151. The second kappa shape index (κ2) is 10.0. The summed E-state index contributed by atoms with van der Waals surface area (Å²) in [5.74, 6) is 0.0479. The van der Waals surface area contributed by atoms with Gasteiger partial charge in [-0.25, -0.2) is 0 Å². The molecular formula is C26H27ClN4O2. The van der Waals surface area contributed by atoms with Gasteiger partial charge in [0.05, 0.1) is 18.1 Å². The Labute approximate surface area is 198 Å². The maximum atomic E-state index is 12.8. The van der Waals surface area contributed by atoms with Crippen LogP contribution in [0.4, 0.5) is 5.69 Å². The van der Waals surface area contributed by atoms with Gasteiger partial charge in [-0.05, 0) is 35.7 Å². The summed E-state index contributed by atoms with van der Waals surface area (Å²) in [6, 6.07) is 16.4. The highest BCUT2D eigenvalue weighted by Crippen LogP contribution is 2.25. The fraction of sp³-hybridized carbons (Fsp3) is 0.269. The van der Waals surface area contributed by atoms with Crippen LogP contribution >= 0.6 is 11.6 Å². The summed E-state index contributed by atoms with van der Waals surface area (Å²) in [5.41, 5.74) is 2.59. The molecule has 0 spiro atoms. The van der Waals surface area contributed by atoms with E-state index in [1.54, 1.807) is 18.3 Å². The first kappa shape index (κ1) is 22.8. The predicted octanol–water partition coefficient (Wildman–Crippen LogP) is 4.37. The van der Waals surface area contributed by atoms with Crippen molar-refractivity contribution in [3.8, 4) is 0 Å². The number of aromatic nitrogens is 1. The second-order valence-electron chi connectivity index (χ2n) is 8.56. The van der Waals surface area contributed by atoms with Crippen LogP contribution in [-0.2, 0) is 9.59 Å². The first-order valence-corrected chi connectivity index (χ1v) is 11.4. The monoisotopic (exact) mass is 462 g/mol. The highest BCUT2D eigenvalue weighted by molar-refractivity contribution is 6.31. The summed E-state index contributed by atoms with van der Waals surface area (Å²) in [4.78, 5) is 31.6. The molecule has 170 valence electrons. The maximum absolute atomic E-state index is 12.8. The van der Waals surface area contributed by atoms with E-state index in [9.17, 15) is 9.59 Å². The number of carbonyl (C=O) groups excluding carboxylic acids is 2. The normalized spacial score (nSPS) is 18.1. The number of likely N-dealkylation sites (tertiary alicyclic amines) is 1. The average molecular weight is 463 g/mol. The lowest BCUT2D eigenvalue weighted by Crippen LogP contribution is -2.70. The molecule has 33 heavy (non-hydrogen) atoms. The fourth-order valence-electron chi connectivity index (χ4n) is 3.99. The molecule has 1 saturated heterocycles. The predicted molar refractivity (Wildman–Crippen MR) is 133 cm³/mol. The van der Waals surface area contributed by atoms with Gasteiger partial charge in [-0.15, -0.1) is 0 Å². The Bertz CT molecular complexity index is 1180. The van der Waals surface area contributed by atoms with Crippen molar-refractivity contribution in [1.82, 2.24) is 15.2 Å². The maximum Gasteiger partial charge on any atom is 0.248 e. The van der Waals surface area contributed by atoms with Crippen LogP contribution in [-0.4, -0.2) is 46.9 Å². The fourth-order valence-corrected chi connectivity index (χ4v) is 4.15. The van der Waals surface area contributed by atoms with Gasteiger partial charge in [0.15, 0.2) is 0 Å². The number of anilines is 1. The van der Waals surface area contributed by atoms with Gasteiger partial charge in [0.1, 0.15) is 6.04 Å². The zero-order chi connectivity index (χ0) is 23.4. The number of nitrogens with zero attached hydrogens (tertiary/aromatic N) is 2. The SMILES string of the molecule is CC(C)CN1C(=O)[C@H](NC(=O)CNc2ccnc3cc(Cl)ccc23)[C@@H]1/C=C/c1ccccc1. The van der Waals surface area contributed by atoms with E-state index in [-0.39, 0.29) is 24.4 Å². The molecule has 2 amide bonds. The zero-order valence-electron chi connectivity index (χ0n) is 18.7. The third-order valence-corrected chi connectivity index (χ3v) is 5.79. The third-order valence-electron chi connectivity index (χ3n) is 5.56. The van der Waals surface area contributed by atoms with Crippen LogP contribution in [0, 0.1) is 5.92 Å². The Balaban J connectivity index is 1.42.